The molecule has 2 aromatic rings. The number of nitrogens with zero attached hydrogens (tertiary/aromatic N) is 1. The van der Waals surface area contributed by atoms with Crippen LogP contribution < -0.4 is 11.3 Å². The Labute approximate surface area is 120 Å². The molecule has 3 nitrogen and oxygen atoms in total. The highest BCUT2D eigenvalue weighted by Gasteiger charge is 2.19. The van der Waals surface area contributed by atoms with Crippen LogP contribution >= 0.6 is 0 Å². The molecule has 1 aromatic heterocycles. The van der Waals surface area contributed by atoms with Crippen LogP contribution in [0, 0.1) is 0 Å². The first-order chi connectivity index (χ1) is 9.34. The molecule has 20 heavy (non-hydrogen) atoms. The van der Waals surface area contributed by atoms with Gasteiger partial charge in [0.1, 0.15) is 0 Å². The van der Waals surface area contributed by atoms with E-state index < -0.39 is 5.54 Å². The molecule has 0 spiro atoms. The number of benzene rings is 1. The van der Waals surface area contributed by atoms with Gasteiger partial charge in [0.15, 0.2) is 0 Å². The van der Waals surface area contributed by atoms with E-state index in [1.165, 1.54) is 5.56 Å². The highest BCUT2D eigenvalue weighted by atomic mass is 16.1. The van der Waals surface area contributed by atoms with Gasteiger partial charge in [-0.1, -0.05) is 31.2 Å². The van der Waals surface area contributed by atoms with Crippen molar-refractivity contribution in [2.75, 3.05) is 0 Å². The maximum absolute atomic E-state index is 12.4. The van der Waals surface area contributed by atoms with Crippen molar-refractivity contribution in [2.24, 2.45) is 12.8 Å². The second-order valence-electron chi connectivity index (χ2n) is 5.77. The van der Waals surface area contributed by atoms with Crippen LogP contribution in [0.2, 0.25) is 0 Å². The number of aryl methyl sites for hydroxylation is 1. The third-order valence-corrected chi connectivity index (χ3v) is 3.66. The van der Waals surface area contributed by atoms with Crippen molar-refractivity contribution in [1.29, 1.82) is 0 Å². The second kappa shape index (κ2) is 5.25. The predicted molar refractivity (Wildman–Crippen MR) is 83.7 cm³/mol. The van der Waals surface area contributed by atoms with Gasteiger partial charge < -0.3 is 10.3 Å². The van der Waals surface area contributed by atoms with Crippen molar-refractivity contribution in [3.63, 3.8) is 0 Å². The Hall–Kier alpha value is -1.87. The molecule has 0 aliphatic carbocycles. The lowest BCUT2D eigenvalue weighted by atomic mass is 9.96. The van der Waals surface area contributed by atoms with E-state index in [9.17, 15) is 4.79 Å². The average Bonchev–Trinajstić information content (AvgIpc) is 2.40. The van der Waals surface area contributed by atoms with Crippen LogP contribution in [-0.4, -0.2) is 4.57 Å². The van der Waals surface area contributed by atoms with Crippen molar-refractivity contribution in [2.45, 2.75) is 32.7 Å². The summed E-state index contributed by atoms with van der Waals surface area (Å²) in [6, 6.07) is 12.1. The molecule has 1 aromatic carbocycles. The fourth-order valence-electron chi connectivity index (χ4n) is 2.33. The molecule has 106 valence electrons. The normalized spacial score (nSPS) is 11.7. The van der Waals surface area contributed by atoms with Gasteiger partial charge in [0, 0.05) is 18.2 Å². The summed E-state index contributed by atoms with van der Waals surface area (Å²) in [7, 11) is 1.79. The zero-order chi connectivity index (χ0) is 14.9. The summed E-state index contributed by atoms with van der Waals surface area (Å²) in [5.74, 6) is 0. The van der Waals surface area contributed by atoms with Crippen LogP contribution in [0.15, 0.2) is 41.2 Å². The molecule has 1 heterocycles. The minimum atomic E-state index is -0.626. The topological polar surface area (TPSA) is 48.0 Å². The Morgan fingerprint density at radius 3 is 2.20 bits per heavy atom. The van der Waals surface area contributed by atoms with Crippen molar-refractivity contribution in [3.8, 4) is 11.3 Å². The Morgan fingerprint density at radius 1 is 1.10 bits per heavy atom. The lowest BCUT2D eigenvalue weighted by molar-refractivity contribution is 0.541. The summed E-state index contributed by atoms with van der Waals surface area (Å²) in [5, 5.41) is 0. The van der Waals surface area contributed by atoms with Crippen LogP contribution in [0.1, 0.15) is 31.9 Å². The summed E-state index contributed by atoms with van der Waals surface area (Å²) in [6.07, 6.45) is 1.01. The molecule has 0 bridgehead atoms. The molecule has 0 unspecified atom stereocenters. The monoisotopic (exact) mass is 270 g/mol. The van der Waals surface area contributed by atoms with Gasteiger partial charge in [0.25, 0.3) is 5.56 Å². The highest BCUT2D eigenvalue weighted by molar-refractivity contribution is 5.60. The number of pyridine rings is 1. The van der Waals surface area contributed by atoms with Gasteiger partial charge in [0.05, 0.1) is 5.69 Å². The fraction of sp³-hybridized carbons (Fsp3) is 0.353. The number of rotatable bonds is 3. The summed E-state index contributed by atoms with van der Waals surface area (Å²) in [4.78, 5) is 12.4. The predicted octanol–water partition coefficient (Wildman–Crippen LogP) is 2.81. The number of hydrogen-bond acceptors (Lipinski definition) is 2. The van der Waals surface area contributed by atoms with Crippen molar-refractivity contribution in [1.82, 2.24) is 4.57 Å². The molecule has 0 radical (unpaired) electrons. The summed E-state index contributed by atoms with van der Waals surface area (Å²) in [6.45, 7) is 5.82. The first kappa shape index (κ1) is 14.5. The van der Waals surface area contributed by atoms with Crippen LogP contribution in [0.5, 0.6) is 0 Å². The minimum absolute atomic E-state index is 0.0328. The average molecular weight is 270 g/mol. The molecule has 2 N–H and O–H groups in total. The van der Waals surface area contributed by atoms with Crippen LogP contribution in [-0.2, 0) is 19.0 Å². The minimum Gasteiger partial charge on any atom is -0.322 e. The van der Waals surface area contributed by atoms with E-state index >= 15 is 0 Å². The van der Waals surface area contributed by atoms with E-state index in [1.54, 1.807) is 11.6 Å². The number of aromatic nitrogens is 1. The number of nitrogens with two attached hydrogens (primary N) is 1. The lowest BCUT2D eigenvalue weighted by Crippen LogP contribution is -2.37. The Kier molecular flexibility index (Phi) is 3.82. The van der Waals surface area contributed by atoms with Gasteiger partial charge in [-0.15, -0.1) is 0 Å². The maximum atomic E-state index is 12.4. The third-order valence-electron chi connectivity index (χ3n) is 3.66. The van der Waals surface area contributed by atoms with Gasteiger partial charge in [0.2, 0.25) is 0 Å². The van der Waals surface area contributed by atoms with Crippen molar-refractivity contribution >= 4 is 0 Å². The van der Waals surface area contributed by atoms with Crippen LogP contribution in [0.25, 0.3) is 11.3 Å². The van der Waals surface area contributed by atoms with Gasteiger partial charge in [-0.25, -0.2) is 0 Å². The standard InChI is InChI=1S/C17H22N2O/c1-5-12-6-8-13(9-7-12)15-11-10-14(17(2,3)18)16(20)19(15)4/h6-11H,5,18H2,1-4H3. The zero-order valence-electron chi connectivity index (χ0n) is 12.6. The summed E-state index contributed by atoms with van der Waals surface area (Å²) < 4.78 is 1.67. The molecule has 0 atom stereocenters. The molecule has 0 aliphatic rings. The van der Waals surface area contributed by atoms with E-state index in [1.807, 2.05) is 26.0 Å². The van der Waals surface area contributed by atoms with E-state index in [4.69, 9.17) is 5.73 Å². The molecule has 0 fully saturated rings. The molecular weight excluding hydrogens is 248 g/mol. The van der Waals surface area contributed by atoms with E-state index in [-0.39, 0.29) is 5.56 Å². The van der Waals surface area contributed by atoms with Gasteiger partial charge >= 0.3 is 0 Å². The van der Waals surface area contributed by atoms with Gasteiger partial charge in [-0.3, -0.25) is 4.79 Å². The Morgan fingerprint density at radius 2 is 1.70 bits per heavy atom. The molecular formula is C17H22N2O. The van der Waals surface area contributed by atoms with Crippen LogP contribution in [0.4, 0.5) is 0 Å². The fourth-order valence-corrected chi connectivity index (χ4v) is 2.33. The second-order valence-corrected chi connectivity index (χ2v) is 5.77. The van der Waals surface area contributed by atoms with Gasteiger partial charge in [-0.2, -0.15) is 0 Å². The Bertz CT molecular complexity index is 661. The largest absolute Gasteiger partial charge is 0.322 e. The first-order valence-electron chi connectivity index (χ1n) is 6.93. The van der Waals surface area contributed by atoms with Crippen molar-refractivity contribution < 1.29 is 0 Å². The van der Waals surface area contributed by atoms with E-state index in [2.05, 4.69) is 31.2 Å². The maximum Gasteiger partial charge on any atom is 0.255 e. The van der Waals surface area contributed by atoms with E-state index in [0.29, 0.717) is 5.56 Å². The molecule has 0 saturated carbocycles. The molecule has 0 amide bonds. The smallest absolute Gasteiger partial charge is 0.255 e. The van der Waals surface area contributed by atoms with Crippen LogP contribution in [0.3, 0.4) is 0 Å². The SMILES string of the molecule is CCc1ccc(-c2ccc(C(C)(C)N)c(=O)n2C)cc1. The number of hydrogen-bond donors (Lipinski definition) is 1. The molecule has 0 aliphatic heterocycles. The summed E-state index contributed by atoms with van der Waals surface area (Å²) in [5.41, 5.74) is 9.26. The lowest BCUT2D eigenvalue weighted by Gasteiger charge is -2.20. The third kappa shape index (κ3) is 2.68. The van der Waals surface area contributed by atoms with Crippen molar-refractivity contribution in [3.05, 3.63) is 57.9 Å². The highest BCUT2D eigenvalue weighted by Crippen LogP contribution is 2.21. The first-order valence-corrected chi connectivity index (χ1v) is 6.93. The van der Waals surface area contributed by atoms with E-state index in [0.717, 1.165) is 17.7 Å². The Balaban J connectivity index is 2.54. The zero-order valence-corrected chi connectivity index (χ0v) is 12.6. The molecule has 3 heteroatoms. The quantitative estimate of drug-likeness (QED) is 0.932. The molecule has 0 saturated heterocycles. The van der Waals surface area contributed by atoms with Gasteiger partial charge in [-0.05, 0) is 43.5 Å². The molecule has 2 rings (SSSR count). The summed E-state index contributed by atoms with van der Waals surface area (Å²) >= 11 is 0.